The van der Waals surface area contributed by atoms with Crippen molar-refractivity contribution in [3.05, 3.63) is 95.2 Å². The molecule has 1 aliphatic rings. The number of aromatic hydroxyl groups is 1. The topological polar surface area (TPSA) is 91.0 Å². The molecule has 1 atom stereocenters. The average Bonchev–Trinajstić information content (AvgIpc) is 3.31. The highest BCUT2D eigenvalue weighted by Crippen LogP contribution is 2.40. The van der Waals surface area contributed by atoms with Crippen molar-refractivity contribution in [2.75, 3.05) is 0 Å². The number of likely N-dealkylation sites (tertiary alicyclic amines) is 1. The van der Waals surface area contributed by atoms with Crippen LogP contribution in [0.3, 0.4) is 0 Å². The van der Waals surface area contributed by atoms with Gasteiger partial charge in [-0.1, -0.05) is 12.1 Å². The summed E-state index contributed by atoms with van der Waals surface area (Å²) in [5.41, 5.74) is 0.627. The Morgan fingerprint density at radius 1 is 1.03 bits per heavy atom. The molecule has 2 N–H and O–H groups in total. The summed E-state index contributed by atoms with van der Waals surface area (Å²) >= 11 is 0. The first-order valence-electron chi connectivity index (χ1n) is 8.81. The van der Waals surface area contributed by atoms with Crippen LogP contribution < -0.4 is 0 Å². The monoisotopic (exact) mass is 393 g/mol. The summed E-state index contributed by atoms with van der Waals surface area (Å²) in [6.45, 7) is 0.0172. The minimum absolute atomic E-state index is 0.0172. The lowest BCUT2D eigenvalue weighted by Crippen LogP contribution is -2.29. The third kappa shape index (κ3) is 3.38. The lowest BCUT2D eigenvalue weighted by atomic mass is 9.95. The Balaban J connectivity index is 1.86. The van der Waals surface area contributed by atoms with E-state index in [0.717, 1.165) is 12.1 Å². The molecule has 2 aromatic carbocycles. The van der Waals surface area contributed by atoms with Crippen molar-refractivity contribution >= 4 is 17.4 Å². The summed E-state index contributed by atoms with van der Waals surface area (Å²) in [6, 6.07) is 13.4. The van der Waals surface area contributed by atoms with E-state index >= 15 is 0 Å². The number of amides is 1. The molecule has 0 saturated carbocycles. The molecule has 0 bridgehead atoms. The van der Waals surface area contributed by atoms with Crippen molar-refractivity contribution in [3.63, 3.8) is 0 Å². The Hall–Kier alpha value is -3.87. The summed E-state index contributed by atoms with van der Waals surface area (Å²) in [4.78, 5) is 26.9. The number of phenolic OH excluding ortho intramolecular Hbond substituents is 1. The van der Waals surface area contributed by atoms with Gasteiger partial charge in [-0.15, -0.1) is 0 Å². The van der Waals surface area contributed by atoms with E-state index < -0.39 is 29.3 Å². The van der Waals surface area contributed by atoms with Crippen LogP contribution in [0.1, 0.15) is 22.9 Å². The molecule has 6 nitrogen and oxygen atoms in total. The van der Waals surface area contributed by atoms with Crippen LogP contribution >= 0.6 is 0 Å². The predicted octanol–water partition coefficient (Wildman–Crippen LogP) is 3.75. The first-order valence-corrected chi connectivity index (χ1v) is 8.81. The van der Waals surface area contributed by atoms with Crippen LogP contribution in [-0.2, 0) is 16.1 Å². The van der Waals surface area contributed by atoms with Gasteiger partial charge in [0.1, 0.15) is 23.1 Å². The molecular weight excluding hydrogens is 377 g/mol. The maximum absolute atomic E-state index is 13.3. The van der Waals surface area contributed by atoms with Gasteiger partial charge >= 0.3 is 0 Å². The number of ketones is 1. The number of phenols is 1. The molecule has 3 aromatic rings. The molecule has 1 fully saturated rings. The Kier molecular flexibility index (Phi) is 4.64. The van der Waals surface area contributed by atoms with Gasteiger partial charge in [0.25, 0.3) is 11.7 Å². The Labute approximate surface area is 165 Å². The summed E-state index contributed by atoms with van der Waals surface area (Å²) in [6.07, 6.45) is 1.46. The number of benzene rings is 2. The fourth-order valence-corrected chi connectivity index (χ4v) is 3.38. The van der Waals surface area contributed by atoms with Gasteiger partial charge in [0.15, 0.2) is 0 Å². The molecule has 0 spiro atoms. The van der Waals surface area contributed by atoms with Crippen LogP contribution in [0.15, 0.2) is 76.9 Å². The maximum atomic E-state index is 13.3. The molecule has 1 aromatic heterocycles. The summed E-state index contributed by atoms with van der Waals surface area (Å²) in [7, 11) is 0. The van der Waals surface area contributed by atoms with Crippen molar-refractivity contribution in [1.82, 2.24) is 4.90 Å². The number of hydrogen-bond acceptors (Lipinski definition) is 5. The average molecular weight is 393 g/mol. The van der Waals surface area contributed by atoms with E-state index in [1.54, 1.807) is 24.3 Å². The van der Waals surface area contributed by atoms with Gasteiger partial charge in [0.2, 0.25) is 0 Å². The fourth-order valence-electron chi connectivity index (χ4n) is 3.38. The molecule has 1 unspecified atom stereocenters. The van der Waals surface area contributed by atoms with Crippen molar-refractivity contribution in [1.29, 1.82) is 0 Å². The van der Waals surface area contributed by atoms with Gasteiger partial charge in [-0.2, -0.15) is 0 Å². The highest BCUT2D eigenvalue weighted by Gasteiger charge is 2.46. The van der Waals surface area contributed by atoms with E-state index in [4.69, 9.17) is 4.42 Å². The second-order valence-electron chi connectivity index (χ2n) is 6.60. The number of aliphatic hydroxyl groups excluding tert-OH is 1. The number of aliphatic hydroxyl groups is 1. The minimum Gasteiger partial charge on any atom is -0.508 e. The van der Waals surface area contributed by atoms with Crippen molar-refractivity contribution in [2.24, 2.45) is 0 Å². The van der Waals surface area contributed by atoms with E-state index in [1.165, 1.54) is 35.4 Å². The van der Waals surface area contributed by atoms with Crippen LogP contribution in [0.4, 0.5) is 4.39 Å². The van der Waals surface area contributed by atoms with E-state index in [0.29, 0.717) is 11.3 Å². The predicted molar refractivity (Wildman–Crippen MR) is 101 cm³/mol. The Bertz CT molecular complexity index is 1090. The van der Waals surface area contributed by atoms with E-state index in [9.17, 15) is 24.2 Å². The third-order valence-corrected chi connectivity index (χ3v) is 4.77. The normalized spacial score (nSPS) is 18.4. The first-order chi connectivity index (χ1) is 14.0. The zero-order chi connectivity index (χ0) is 20.5. The number of hydrogen-bond donors (Lipinski definition) is 2. The van der Waals surface area contributed by atoms with Gasteiger partial charge in [-0.3, -0.25) is 9.59 Å². The number of nitrogens with zero attached hydrogens (tertiary/aromatic N) is 1. The highest BCUT2D eigenvalue weighted by atomic mass is 19.1. The summed E-state index contributed by atoms with van der Waals surface area (Å²) < 4.78 is 18.6. The highest BCUT2D eigenvalue weighted by molar-refractivity contribution is 6.46. The van der Waals surface area contributed by atoms with Crippen LogP contribution in [-0.4, -0.2) is 26.8 Å². The molecule has 0 radical (unpaired) electrons. The first kappa shape index (κ1) is 18.5. The smallest absolute Gasteiger partial charge is 0.296 e. The molecule has 29 heavy (non-hydrogen) atoms. The molecule has 1 saturated heterocycles. The number of carbonyl (C=O) groups excluding carboxylic acids is 2. The van der Waals surface area contributed by atoms with Crippen LogP contribution in [0.25, 0.3) is 5.76 Å². The number of halogens is 1. The molecule has 2 heterocycles. The van der Waals surface area contributed by atoms with Gasteiger partial charge in [-0.05, 0) is 54.1 Å². The quantitative estimate of drug-likeness (QED) is 0.400. The maximum Gasteiger partial charge on any atom is 0.296 e. The minimum atomic E-state index is -0.897. The van der Waals surface area contributed by atoms with Crippen molar-refractivity contribution in [2.45, 2.75) is 12.6 Å². The molecule has 0 aliphatic carbocycles. The van der Waals surface area contributed by atoms with Gasteiger partial charge in [0, 0.05) is 5.56 Å². The zero-order valence-corrected chi connectivity index (χ0v) is 15.1. The van der Waals surface area contributed by atoms with Crippen molar-refractivity contribution < 1.29 is 28.6 Å². The molecule has 1 amide bonds. The SMILES string of the molecule is O=C1C(=O)N(Cc2ccco2)C(c2ccc(O)cc2)/C1=C(/O)c1ccc(F)cc1. The van der Waals surface area contributed by atoms with E-state index in [1.807, 2.05) is 0 Å². The van der Waals surface area contributed by atoms with Gasteiger partial charge in [-0.25, -0.2) is 4.39 Å². The molecule has 146 valence electrons. The number of carbonyl (C=O) groups is 2. The van der Waals surface area contributed by atoms with Crippen LogP contribution in [0.2, 0.25) is 0 Å². The second-order valence-corrected chi connectivity index (χ2v) is 6.60. The Morgan fingerprint density at radius 2 is 1.72 bits per heavy atom. The third-order valence-electron chi connectivity index (χ3n) is 4.77. The van der Waals surface area contributed by atoms with Crippen molar-refractivity contribution in [3.8, 4) is 5.75 Å². The van der Waals surface area contributed by atoms with Gasteiger partial charge in [0.05, 0.1) is 24.4 Å². The molecule has 1 aliphatic heterocycles. The number of rotatable bonds is 4. The number of furan rings is 1. The van der Waals surface area contributed by atoms with Gasteiger partial charge < -0.3 is 19.5 Å². The molecular formula is C22H16FNO5. The Morgan fingerprint density at radius 3 is 2.34 bits per heavy atom. The van der Waals surface area contributed by atoms with E-state index in [2.05, 4.69) is 0 Å². The lowest BCUT2D eigenvalue weighted by Gasteiger charge is -2.24. The number of Topliss-reactive ketones (excluding diaryl/α,β-unsaturated/α-hetero) is 1. The van der Waals surface area contributed by atoms with Crippen LogP contribution in [0, 0.1) is 5.82 Å². The summed E-state index contributed by atoms with van der Waals surface area (Å²) in [5, 5.41) is 20.4. The lowest BCUT2D eigenvalue weighted by molar-refractivity contribution is -0.140. The van der Waals surface area contributed by atoms with E-state index in [-0.39, 0.29) is 23.4 Å². The molecule has 7 heteroatoms. The van der Waals surface area contributed by atoms with Crippen LogP contribution in [0.5, 0.6) is 5.75 Å². The standard InChI is InChI=1S/C22H16FNO5/c23-15-7-3-14(4-8-15)20(26)18-19(13-5-9-16(25)10-6-13)24(22(28)21(18)27)12-17-2-1-11-29-17/h1-11,19,25-26H,12H2/b20-18-. The molecule has 4 rings (SSSR count). The second kappa shape index (κ2) is 7.27. The fraction of sp³-hybridized carbons (Fsp3) is 0.0909. The summed E-state index contributed by atoms with van der Waals surface area (Å²) in [5.74, 6) is -2.04. The zero-order valence-electron chi connectivity index (χ0n) is 15.1. The largest absolute Gasteiger partial charge is 0.508 e.